The summed E-state index contributed by atoms with van der Waals surface area (Å²) in [6, 6.07) is 11.1. The molecule has 3 fully saturated rings. The van der Waals surface area contributed by atoms with Gasteiger partial charge in [-0.2, -0.15) is 0 Å². The van der Waals surface area contributed by atoms with Crippen LogP contribution in [0, 0.1) is 23.7 Å². The van der Waals surface area contributed by atoms with Gasteiger partial charge in [-0.1, -0.05) is 69.0 Å². The van der Waals surface area contributed by atoms with E-state index in [-0.39, 0.29) is 41.4 Å². The van der Waals surface area contributed by atoms with Gasteiger partial charge in [-0.3, -0.25) is 14.5 Å². The molecule has 2 amide bonds. The van der Waals surface area contributed by atoms with Crippen molar-refractivity contribution in [3.63, 3.8) is 0 Å². The van der Waals surface area contributed by atoms with Crippen molar-refractivity contribution in [2.24, 2.45) is 23.7 Å². The van der Waals surface area contributed by atoms with Crippen molar-refractivity contribution in [1.29, 1.82) is 0 Å². The zero-order valence-corrected chi connectivity index (χ0v) is 21.0. The summed E-state index contributed by atoms with van der Waals surface area (Å²) in [7, 11) is -1.12. The highest BCUT2D eigenvalue weighted by Gasteiger charge is 2.59. The predicted molar refractivity (Wildman–Crippen MR) is 138 cm³/mol. The van der Waals surface area contributed by atoms with E-state index in [1.165, 1.54) is 0 Å². The summed E-state index contributed by atoms with van der Waals surface area (Å²) in [4.78, 5) is 29.2. The van der Waals surface area contributed by atoms with Gasteiger partial charge in [0.15, 0.2) is 0 Å². The normalized spacial score (nSPS) is 29.3. The monoisotopic (exact) mass is 487 g/mol. The molecule has 0 aromatic heterocycles. The van der Waals surface area contributed by atoms with Crippen LogP contribution in [0.4, 0.5) is 0 Å². The van der Waals surface area contributed by atoms with Crippen LogP contribution < -0.4 is 0 Å². The second-order valence-corrected chi connectivity index (χ2v) is 11.3. The zero-order valence-electron chi connectivity index (χ0n) is 21.0. The highest BCUT2D eigenvalue weighted by Crippen LogP contribution is 2.53. The highest BCUT2D eigenvalue weighted by atomic mass is 16.5. The van der Waals surface area contributed by atoms with E-state index < -0.39 is 19.1 Å². The van der Waals surface area contributed by atoms with Crippen LogP contribution >= 0.6 is 0 Å². The Hall–Kier alpha value is -2.64. The van der Waals surface area contributed by atoms with Crippen LogP contribution in [-0.4, -0.2) is 40.0 Å². The maximum Gasteiger partial charge on any atom is 0.487 e. The number of phenols is 1. The number of allylic oxidation sites excluding steroid dienone is 2. The van der Waals surface area contributed by atoms with Crippen molar-refractivity contribution < 1.29 is 24.4 Å². The Morgan fingerprint density at radius 2 is 1.69 bits per heavy atom. The maximum atomic E-state index is 13.9. The molecule has 0 radical (unpaired) electrons. The van der Waals surface area contributed by atoms with Gasteiger partial charge in [0.25, 0.3) is 0 Å². The van der Waals surface area contributed by atoms with Crippen LogP contribution in [0.5, 0.6) is 5.75 Å². The van der Waals surface area contributed by atoms with Gasteiger partial charge >= 0.3 is 7.12 Å². The molecule has 2 heterocycles. The first-order valence-electron chi connectivity index (χ1n) is 13.5. The van der Waals surface area contributed by atoms with Crippen LogP contribution in [0.2, 0.25) is 0 Å². The lowest BCUT2D eigenvalue weighted by atomic mass is 9.54. The minimum absolute atomic E-state index is 0.0110. The van der Waals surface area contributed by atoms with Gasteiger partial charge in [0.2, 0.25) is 11.8 Å². The molecule has 4 atom stereocenters. The number of amides is 2. The van der Waals surface area contributed by atoms with Crippen LogP contribution in [0.3, 0.4) is 0 Å². The van der Waals surface area contributed by atoms with Crippen molar-refractivity contribution in [2.75, 3.05) is 0 Å². The molecule has 6 rings (SSSR count). The van der Waals surface area contributed by atoms with Gasteiger partial charge < -0.3 is 14.8 Å². The Morgan fingerprint density at radius 3 is 2.42 bits per heavy atom. The average molecular weight is 487 g/mol. The van der Waals surface area contributed by atoms with Crippen LogP contribution in [0.15, 0.2) is 47.4 Å². The van der Waals surface area contributed by atoms with E-state index in [0.29, 0.717) is 12.8 Å². The molecule has 2 aliphatic heterocycles. The van der Waals surface area contributed by atoms with E-state index in [2.05, 4.69) is 13.8 Å². The number of phenolic OH excluding ortho intramolecular Hbond substituents is 1. The highest BCUT2D eigenvalue weighted by molar-refractivity contribution is 6.53. The molecule has 2 saturated heterocycles. The van der Waals surface area contributed by atoms with Crippen LogP contribution in [0.1, 0.15) is 70.5 Å². The van der Waals surface area contributed by atoms with E-state index in [1.807, 2.05) is 30.3 Å². The third kappa shape index (κ3) is 3.62. The number of likely N-dealkylation sites (tertiary alicyclic amines) is 1. The fourth-order valence-electron chi connectivity index (χ4n) is 7.41. The summed E-state index contributed by atoms with van der Waals surface area (Å²) in [6.45, 7) is 4.18. The summed E-state index contributed by atoms with van der Waals surface area (Å²) in [5.74, 6) is -0.750. The lowest BCUT2D eigenvalue weighted by Crippen LogP contribution is -2.46. The molecule has 188 valence electrons. The predicted octanol–water partition coefficient (Wildman–Crippen LogP) is 4.93. The molecular formula is C29H34BNO5. The number of hydrogen-bond acceptors (Lipinski definition) is 5. The lowest BCUT2D eigenvalue weighted by molar-refractivity contribution is -0.143. The Kier molecular flexibility index (Phi) is 5.96. The molecule has 1 saturated carbocycles. The van der Waals surface area contributed by atoms with Crippen molar-refractivity contribution in [1.82, 2.24) is 4.90 Å². The minimum Gasteiger partial charge on any atom is -0.507 e. The van der Waals surface area contributed by atoms with E-state index in [9.17, 15) is 19.7 Å². The number of nitrogens with zero attached hydrogens (tertiary/aromatic N) is 1. The number of hydrogen-bond donors (Lipinski definition) is 2. The summed E-state index contributed by atoms with van der Waals surface area (Å²) < 4.78 is 6.23. The number of rotatable bonds is 3. The number of aromatic hydroxyl groups is 1. The topological polar surface area (TPSA) is 87.1 Å². The molecule has 4 aliphatic rings. The molecule has 0 bridgehead atoms. The summed E-state index contributed by atoms with van der Waals surface area (Å²) in [5.41, 5.74) is 2.77. The summed E-state index contributed by atoms with van der Waals surface area (Å²) in [6.07, 6.45) is 5.67. The fourth-order valence-corrected chi connectivity index (χ4v) is 7.41. The number of imide groups is 1. The lowest BCUT2D eigenvalue weighted by Gasteiger charge is -2.43. The van der Waals surface area contributed by atoms with Gasteiger partial charge in [-0.25, -0.2) is 0 Å². The van der Waals surface area contributed by atoms with Gasteiger partial charge in [0.05, 0.1) is 17.9 Å². The molecule has 2 aliphatic carbocycles. The Bertz CT molecular complexity index is 1250. The number of carbonyl (C=O) groups excluding carboxylic acids is 2. The Labute approximate surface area is 212 Å². The van der Waals surface area contributed by atoms with Gasteiger partial charge in [-0.05, 0) is 60.0 Å². The van der Waals surface area contributed by atoms with Crippen molar-refractivity contribution in [2.45, 2.75) is 70.9 Å². The second-order valence-electron chi connectivity index (χ2n) is 11.3. The largest absolute Gasteiger partial charge is 0.507 e. The van der Waals surface area contributed by atoms with Crippen molar-refractivity contribution >= 4 is 29.7 Å². The zero-order chi connectivity index (χ0) is 25.1. The molecule has 0 spiro atoms. The summed E-state index contributed by atoms with van der Waals surface area (Å²) >= 11 is 0. The van der Waals surface area contributed by atoms with Gasteiger partial charge in [0.1, 0.15) is 5.75 Å². The molecule has 2 N–H and O–H groups in total. The third-order valence-electron chi connectivity index (χ3n) is 9.10. The SMILES string of the molecule is CC(C)C1=C2B(O)O[C@H](c3ccc(O)c4ccccc34)C[C@H]2[C@H]2C(=O)N(C3CCCCC3)C(=O)[C@H]2C1. The molecule has 6 nitrogen and oxygen atoms in total. The molecule has 36 heavy (non-hydrogen) atoms. The van der Waals surface area contributed by atoms with Crippen LogP contribution in [0.25, 0.3) is 10.8 Å². The minimum atomic E-state index is -1.12. The molecular weight excluding hydrogens is 453 g/mol. The molecule has 2 aromatic carbocycles. The first-order chi connectivity index (χ1) is 17.4. The molecule has 7 heteroatoms. The summed E-state index contributed by atoms with van der Waals surface area (Å²) in [5, 5.41) is 23.3. The second kappa shape index (κ2) is 9.03. The standard InChI is InChI=1S/C29H34BNO5/c1-16(2)21-14-23-26(29(34)31(28(23)33)17-8-4-3-5-9-17)22-15-25(36-30(35)27(21)22)20-12-13-24(32)19-11-7-6-10-18(19)20/h6-7,10-13,16-17,22-23,25-26,32,35H,3-5,8-9,14-15H2,1-2H3/t22-,23-,25-,26+/m0/s1. The molecule has 2 aromatic rings. The van der Waals surface area contributed by atoms with Crippen molar-refractivity contribution in [3.05, 3.63) is 53.0 Å². The van der Waals surface area contributed by atoms with Crippen LogP contribution in [-0.2, 0) is 14.2 Å². The van der Waals surface area contributed by atoms with E-state index >= 15 is 0 Å². The number of benzene rings is 2. The van der Waals surface area contributed by atoms with E-state index in [0.717, 1.165) is 59.5 Å². The number of carbonyl (C=O) groups is 2. The van der Waals surface area contributed by atoms with Gasteiger partial charge in [-0.15, -0.1) is 0 Å². The maximum absolute atomic E-state index is 13.9. The fraction of sp³-hybridized carbons (Fsp3) is 0.517. The molecule has 0 unspecified atom stereocenters. The quantitative estimate of drug-likeness (QED) is 0.474. The van der Waals surface area contributed by atoms with E-state index in [4.69, 9.17) is 4.65 Å². The smallest absolute Gasteiger partial charge is 0.487 e. The number of fused-ring (bicyclic) bond motifs is 4. The average Bonchev–Trinajstić information content (AvgIpc) is 3.14. The third-order valence-corrected chi connectivity index (χ3v) is 9.10. The Balaban J connectivity index is 1.41. The van der Waals surface area contributed by atoms with E-state index in [1.54, 1.807) is 11.0 Å². The first kappa shape index (κ1) is 23.7. The van der Waals surface area contributed by atoms with Gasteiger partial charge in [0, 0.05) is 11.4 Å². The first-order valence-corrected chi connectivity index (χ1v) is 13.5. The van der Waals surface area contributed by atoms with Crippen molar-refractivity contribution in [3.8, 4) is 5.75 Å². The Morgan fingerprint density at radius 1 is 0.972 bits per heavy atom.